The number of carbonyl (C=O) groups excluding carboxylic acids is 1. The summed E-state index contributed by atoms with van der Waals surface area (Å²) in [6, 6.07) is 6.88. The number of carbonyl (C=O) groups is 1. The first-order valence-electron chi connectivity index (χ1n) is 8.04. The van der Waals surface area contributed by atoms with Gasteiger partial charge in [-0.15, -0.1) is 11.3 Å². The van der Waals surface area contributed by atoms with E-state index in [-0.39, 0.29) is 18.0 Å². The van der Waals surface area contributed by atoms with E-state index in [1.54, 1.807) is 31.0 Å². The van der Waals surface area contributed by atoms with E-state index in [2.05, 4.69) is 4.98 Å². The zero-order valence-electron chi connectivity index (χ0n) is 15.0. The topological polar surface area (TPSA) is 101 Å². The Kier molecular flexibility index (Phi) is 6.22. The number of benzene rings is 1. The van der Waals surface area contributed by atoms with E-state index >= 15 is 0 Å². The molecule has 2 aromatic heterocycles. The SMILES string of the molecule is COc1ccc(-c2nc(CC(=O)OCc3csc([N+](=O)[O-])c3)cs2)cc1OC. The smallest absolute Gasteiger partial charge is 0.324 e. The summed E-state index contributed by atoms with van der Waals surface area (Å²) in [5.74, 6) is 0.777. The van der Waals surface area contributed by atoms with E-state index in [0.29, 0.717) is 22.8 Å². The molecule has 0 aliphatic rings. The predicted octanol–water partition coefficient (Wildman–Crippen LogP) is 4.08. The predicted molar refractivity (Wildman–Crippen MR) is 105 cm³/mol. The van der Waals surface area contributed by atoms with Crippen LogP contribution in [0.25, 0.3) is 10.6 Å². The molecule has 3 aromatic rings. The van der Waals surface area contributed by atoms with Crippen LogP contribution in [0.15, 0.2) is 35.0 Å². The van der Waals surface area contributed by atoms with Crippen LogP contribution in [0.2, 0.25) is 0 Å². The molecule has 0 aliphatic heterocycles. The van der Waals surface area contributed by atoms with Crippen molar-refractivity contribution in [2.75, 3.05) is 14.2 Å². The summed E-state index contributed by atoms with van der Waals surface area (Å²) in [5.41, 5.74) is 2.04. The van der Waals surface area contributed by atoms with Gasteiger partial charge in [-0.05, 0) is 18.2 Å². The van der Waals surface area contributed by atoms with Gasteiger partial charge in [0.25, 0.3) is 0 Å². The van der Waals surface area contributed by atoms with Crippen LogP contribution in [0.3, 0.4) is 0 Å². The molecule has 1 aromatic carbocycles. The highest BCUT2D eigenvalue weighted by Gasteiger charge is 2.14. The van der Waals surface area contributed by atoms with Crippen molar-refractivity contribution in [2.24, 2.45) is 0 Å². The summed E-state index contributed by atoms with van der Waals surface area (Å²) in [4.78, 5) is 26.7. The third kappa shape index (κ3) is 4.65. The molecular formula is C18H16N2O6S2. The van der Waals surface area contributed by atoms with Crippen LogP contribution in [-0.2, 0) is 22.6 Å². The van der Waals surface area contributed by atoms with Crippen molar-refractivity contribution in [3.8, 4) is 22.1 Å². The first kappa shape index (κ1) is 19.8. The molecule has 28 heavy (non-hydrogen) atoms. The second-order valence-corrected chi connectivity index (χ2v) is 7.35. The molecule has 10 heteroatoms. The molecule has 0 unspecified atom stereocenters. The average molecular weight is 420 g/mol. The molecule has 0 bridgehead atoms. The molecule has 2 heterocycles. The van der Waals surface area contributed by atoms with Crippen molar-refractivity contribution in [3.63, 3.8) is 0 Å². The number of esters is 1. The molecule has 0 aliphatic carbocycles. The Morgan fingerprint density at radius 2 is 1.93 bits per heavy atom. The molecule has 0 saturated heterocycles. The van der Waals surface area contributed by atoms with Crippen molar-refractivity contribution in [2.45, 2.75) is 13.0 Å². The standard InChI is InChI=1S/C18H16N2O6S2/c1-24-14-4-3-12(6-15(14)25-2)18-19-13(10-28-18)7-17(21)26-8-11-5-16(20(22)23)27-9-11/h3-6,9-10H,7-8H2,1-2H3. The number of hydrogen-bond acceptors (Lipinski definition) is 9. The number of hydrogen-bond donors (Lipinski definition) is 0. The quantitative estimate of drug-likeness (QED) is 0.307. The monoisotopic (exact) mass is 420 g/mol. The van der Waals surface area contributed by atoms with Crippen LogP contribution in [0.5, 0.6) is 11.5 Å². The summed E-state index contributed by atoms with van der Waals surface area (Å²) >= 11 is 2.41. The molecule has 8 nitrogen and oxygen atoms in total. The largest absolute Gasteiger partial charge is 0.493 e. The average Bonchev–Trinajstić information content (AvgIpc) is 3.35. The summed E-state index contributed by atoms with van der Waals surface area (Å²) in [6.45, 7) is -0.00412. The molecule has 0 N–H and O–H groups in total. The van der Waals surface area contributed by atoms with Crippen molar-refractivity contribution >= 4 is 33.6 Å². The maximum atomic E-state index is 12.0. The first-order chi connectivity index (χ1) is 13.5. The molecule has 0 saturated carbocycles. The van der Waals surface area contributed by atoms with Gasteiger partial charge in [-0.25, -0.2) is 4.98 Å². The molecule has 146 valence electrons. The van der Waals surface area contributed by atoms with Gasteiger partial charge >= 0.3 is 11.0 Å². The van der Waals surface area contributed by atoms with E-state index < -0.39 is 10.9 Å². The van der Waals surface area contributed by atoms with E-state index in [1.165, 1.54) is 17.4 Å². The van der Waals surface area contributed by atoms with Crippen LogP contribution >= 0.6 is 22.7 Å². The zero-order valence-corrected chi connectivity index (χ0v) is 16.7. The van der Waals surface area contributed by atoms with Gasteiger partial charge in [0.1, 0.15) is 11.6 Å². The van der Waals surface area contributed by atoms with Crippen molar-refractivity contribution < 1.29 is 23.9 Å². The van der Waals surface area contributed by atoms with Crippen LogP contribution < -0.4 is 9.47 Å². The molecular weight excluding hydrogens is 404 g/mol. The Balaban J connectivity index is 1.60. The summed E-state index contributed by atoms with van der Waals surface area (Å²) in [6.07, 6.45) is 0.0238. The van der Waals surface area contributed by atoms with Crippen LogP contribution in [0.1, 0.15) is 11.3 Å². The highest BCUT2D eigenvalue weighted by Crippen LogP contribution is 2.33. The lowest BCUT2D eigenvalue weighted by Gasteiger charge is -2.08. The van der Waals surface area contributed by atoms with E-state index in [1.807, 2.05) is 12.1 Å². The highest BCUT2D eigenvalue weighted by molar-refractivity contribution is 7.13. The fourth-order valence-corrected chi connectivity index (χ4v) is 3.92. The second kappa shape index (κ2) is 8.81. The van der Waals surface area contributed by atoms with Gasteiger partial charge in [-0.3, -0.25) is 14.9 Å². The Morgan fingerprint density at radius 1 is 1.14 bits per heavy atom. The van der Waals surface area contributed by atoms with Crippen molar-refractivity contribution in [3.05, 3.63) is 56.4 Å². The Labute approximate surface area is 168 Å². The molecule has 3 rings (SSSR count). The lowest BCUT2D eigenvalue weighted by molar-refractivity contribution is -0.380. The lowest BCUT2D eigenvalue weighted by atomic mass is 10.2. The minimum atomic E-state index is -0.471. The number of rotatable bonds is 8. The van der Waals surface area contributed by atoms with Gasteiger partial charge in [-0.1, -0.05) is 11.3 Å². The summed E-state index contributed by atoms with van der Waals surface area (Å²) in [5, 5.41) is 14.8. The lowest BCUT2D eigenvalue weighted by Crippen LogP contribution is -2.08. The maximum Gasteiger partial charge on any atom is 0.324 e. The summed E-state index contributed by atoms with van der Waals surface area (Å²) in [7, 11) is 3.13. The Hall–Kier alpha value is -2.98. The van der Waals surface area contributed by atoms with Gasteiger partial charge in [0.15, 0.2) is 11.5 Å². The fraction of sp³-hybridized carbons (Fsp3) is 0.222. The number of ether oxygens (including phenoxy) is 3. The van der Waals surface area contributed by atoms with Gasteiger partial charge in [0, 0.05) is 28.0 Å². The van der Waals surface area contributed by atoms with Crippen LogP contribution in [-0.4, -0.2) is 30.1 Å². The molecule has 0 amide bonds. The zero-order chi connectivity index (χ0) is 20.1. The minimum absolute atomic E-state index is 0.00412. The Bertz CT molecular complexity index is 998. The third-order valence-electron chi connectivity index (χ3n) is 3.73. The van der Waals surface area contributed by atoms with Gasteiger partial charge < -0.3 is 14.2 Å². The number of aromatic nitrogens is 1. The fourth-order valence-electron chi connectivity index (χ4n) is 2.39. The molecule has 0 atom stereocenters. The normalized spacial score (nSPS) is 10.5. The second-order valence-electron chi connectivity index (χ2n) is 5.60. The highest BCUT2D eigenvalue weighted by atomic mass is 32.1. The number of thiazole rings is 1. The van der Waals surface area contributed by atoms with E-state index in [0.717, 1.165) is 21.9 Å². The van der Waals surface area contributed by atoms with E-state index in [9.17, 15) is 14.9 Å². The van der Waals surface area contributed by atoms with Crippen LogP contribution in [0, 0.1) is 10.1 Å². The molecule has 0 radical (unpaired) electrons. The number of methoxy groups -OCH3 is 2. The maximum absolute atomic E-state index is 12.0. The van der Waals surface area contributed by atoms with Gasteiger partial charge in [-0.2, -0.15) is 0 Å². The summed E-state index contributed by atoms with van der Waals surface area (Å²) < 4.78 is 15.7. The van der Waals surface area contributed by atoms with Gasteiger partial charge in [0.2, 0.25) is 0 Å². The molecule has 0 spiro atoms. The first-order valence-corrected chi connectivity index (χ1v) is 9.80. The number of thiophene rings is 1. The Morgan fingerprint density at radius 3 is 2.61 bits per heavy atom. The minimum Gasteiger partial charge on any atom is -0.493 e. The molecule has 0 fully saturated rings. The van der Waals surface area contributed by atoms with Gasteiger partial charge in [0.05, 0.1) is 31.3 Å². The van der Waals surface area contributed by atoms with Crippen molar-refractivity contribution in [1.82, 2.24) is 4.98 Å². The van der Waals surface area contributed by atoms with E-state index in [4.69, 9.17) is 14.2 Å². The van der Waals surface area contributed by atoms with Crippen molar-refractivity contribution in [1.29, 1.82) is 0 Å². The number of nitro groups is 1. The van der Waals surface area contributed by atoms with Crippen LogP contribution in [0.4, 0.5) is 5.00 Å². The third-order valence-corrected chi connectivity index (χ3v) is 5.60. The number of nitrogens with zero attached hydrogens (tertiary/aromatic N) is 2.